The zero-order chi connectivity index (χ0) is 13.0. The molecule has 0 fully saturated rings. The lowest BCUT2D eigenvalue weighted by Gasteiger charge is -1.97. The minimum Gasteiger partial charge on any atom is -0.508 e. The van der Waals surface area contributed by atoms with Gasteiger partial charge in [0.15, 0.2) is 0 Å². The lowest BCUT2D eigenvalue weighted by Crippen LogP contribution is -2.21. The van der Waals surface area contributed by atoms with Crippen LogP contribution in [0.4, 0.5) is 13.2 Å². The third-order valence-electron chi connectivity index (χ3n) is 1.12. The normalized spacial score (nSPS) is 11.6. The Bertz CT molecular complexity index is 405. The standard InChI is InChI=1S/C6H5ClO.CHF3O3S/c7-5-1-3-6(8)4-2-5;2-1(3,4)8(5,6)7/h1-4,8H;(H,5,6,7). The minimum absolute atomic E-state index is 0.245. The Morgan fingerprint density at radius 2 is 1.44 bits per heavy atom. The summed E-state index contributed by atoms with van der Waals surface area (Å²) in [6.07, 6.45) is 0. The van der Waals surface area contributed by atoms with Crippen LogP contribution < -0.4 is 0 Å². The number of rotatable bonds is 0. The molecule has 1 aromatic rings. The predicted molar refractivity (Wildman–Crippen MR) is 50.7 cm³/mol. The molecule has 4 nitrogen and oxygen atoms in total. The molecule has 0 aliphatic heterocycles. The first-order valence-corrected chi connectivity index (χ1v) is 5.34. The van der Waals surface area contributed by atoms with Gasteiger partial charge in [0.2, 0.25) is 0 Å². The molecule has 0 aliphatic rings. The van der Waals surface area contributed by atoms with E-state index in [4.69, 9.17) is 29.7 Å². The van der Waals surface area contributed by atoms with E-state index in [1.54, 1.807) is 24.3 Å². The molecule has 0 radical (unpaired) electrons. The molecular formula is C7H6ClF3O4S. The van der Waals surface area contributed by atoms with E-state index in [0.717, 1.165) is 0 Å². The Morgan fingerprint density at radius 1 is 1.12 bits per heavy atom. The van der Waals surface area contributed by atoms with Crippen molar-refractivity contribution in [2.24, 2.45) is 0 Å². The van der Waals surface area contributed by atoms with E-state index >= 15 is 0 Å². The van der Waals surface area contributed by atoms with Crippen LogP contribution >= 0.6 is 11.6 Å². The van der Waals surface area contributed by atoms with Crippen LogP contribution in [-0.2, 0) is 10.1 Å². The van der Waals surface area contributed by atoms with Crippen molar-refractivity contribution in [3.63, 3.8) is 0 Å². The summed E-state index contributed by atoms with van der Waals surface area (Å²) in [6, 6.07) is 6.36. The molecule has 9 heteroatoms. The van der Waals surface area contributed by atoms with Gasteiger partial charge in [-0.05, 0) is 24.3 Å². The SMILES string of the molecule is O=S(=O)(O)C(F)(F)F.Oc1ccc(Cl)cc1. The molecule has 1 rings (SSSR count). The van der Waals surface area contributed by atoms with Crippen molar-refractivity contribution in [3.8, 4) is 5.75 Å². The highest BCUT2D eigenvalue weighted by Gasteiger charge is 2.44. The summed E-state index contributed by atoms with van der Waals surface area (Å²) in [6.45, 7) is 0. The van der Waals surface area contributed by atoms with Gasteiger partial charge in [0.25, 0.3) is 0 Å². The maximum atomic E-state index is 10.7. The molecule has 0 aliphatic carbocycles. The predicted octanol–water partition coefficient (Wildman–Crippen LogP) is 2.44. The quantitative estimate of drug-likeness (QED) is 0.565. The van der Waals surface area contributed by atoms with Crippen molar-refractivity contribution in [1.29, 1.82) is 0 Å². The molecule has 92 valence electrons. The van der Waals surface area contributed by atoms with Gasteiger partial charge >= 0.3 is 15.6 Å². The summed E-state index contributed by atoms with van der Waals surface area (Å²) in [5.41, 5.74) is -5.53. The van der Waals surface area contributed by atoms with Crippen LogP contribution in [0.15, 0.2) is 24.3 Å². The Labute approximate surface area is 94.0 Å². The van der Waals surface area contributed by atoms with Crippen molar-refractivity contribution in [3.05, 3.63) is 29.3 Å². The van der Waals surface area contributed by atoms with Crippen LogP contribution in [0.5, 0.6) is 5.75 Å². The van der Waals surface area contributed by atoms with Gasteiger partial charge in [-0.15, -0.1) is 0 Å². The second-order valence-electron chi connectivity index (χ2n) is 2.40. The zero-order valence-electron chi connectivity index (χ0n) is 7.44. The molecule has 0 saturated heterocycles. The Balaban J connectivity index is 0.000000281. The molecule has 0 spiro atoms. The first-order valence-electron chi connectivity index (χ1n) is 3.52. The molecular weight excluding hydrogens is 273 g/mol. The second-order valence-corrected chi connectivity index (χ2v) is 4.25. The molecule has 0 unspecified atom stereocenters. The number of alkyl halides is 3. The van der Waals surface area contributed by atoms with Gasteiger partial charge in [0, 0.05) is 5.02 Å². The van der Waals surface area contributed by atoms with Gasteiger partial charge in [-0.2, -0.15) is 21.6 Å². The van der Waals surface area contributed by atoms with Crippen molar-refractivity contribution in [2.75, 3.05) is 0 Å². The maximum Gasteiger partial charge on any atom is 0.522 e. The van der Waals surface area contributed by atoms with Gasteiger partial charge in [0.1, 0.15) is 5.75 Å². The number of hydrogen-bond donors (Lipinski definition) is 2. The fraction of sp³-hybridized carbons (Fsp3) is 0.143. The summed E-state index contributed by atoms with van der Waals surface area (Å²) in [5.74, 6) is 0.245. The third kappa shape index (κ3) is 5.79. The van der Waals surface area contributed by atoms with E-state index in [0.29, 0.717) is 5.02 Å². The Morgan fingerprint density at radius 3 is 1.62 bits per heavy atom. The van der Waals surface area contributed by atoms with Gasteiger partial charge in [-0.3, -0.25) is 4.55 Å². The highest BCUT2D eigenvalue weighted by molar-refractivity contribution is 7.86. The first kappa shape index (κ1) is 15.0. The van der Waals surface area contributed by atoms with Crippen LogP contribution in [0.25, 0.3) is 0 Å². The van der Waals surface area contributed by atoms with E-state index < -0.39 is 15.6 Å². The van der Waals surface area contributed by atoms with Crippen molar-refractivity contribution >= 4 is 21.7 Å². The molecule has 0 atom stereocenters. The number of aromatic hydroxyl groups is 1. The number of phenolic OH excluding ortho intramolecular Hbond substituents is 1. The first-order chi connectivity index (χ1) is 7.04. The maximum absolute atomic E-state index is 10.7. The van der Waals surface area contributed by atoms with Crippen LogP contribution in [0, 0.1) is 0 Å². The summed E-state index contributed by atoms with van der Waals surface area (Å²) < 4.78 is 57.5. The number of benzene rings is 1. The summed E-state index contributed by atoms with van der Waals surface area (Å²) >= 11 is 5.50. The minimum atomic E-state index is -5.84. The van der Waals surface area contributed by atoms with Crippen LogP contribution in [-0.4, -0.2) is 23.6 Å². The van der Waals surface area contributed by atoms with E-state index in [-0.39, 0.29) is 5.75 Å². The van der Waals surface area contributed by atoms with Gasteiger partial charge in [-0.25, -0.2) is 0 Å². The summed E-state index contributed by atoms with van der Waals surface area (Å²) in [4.78, 5) is 0. The van der Waals surface area contributed by atoms with E-state index in [9.17, 15) is 13.2 Å². The van der Waals surface area contributed by atoms with E-state index in [2.05, 4.69) is 0 Å². The number of phenols is 1. The molecule has 1 aromatic carbocycles. The van der Waals surface area contributed by atoms with Crippen LogP contribution in [0.3, 0.4) is 0 Å². The summed E-state index contributed by atoms with van der Waals surface area (Å²) in [7, 11) is -5.84. The second kappa shape index (κ2) is 5.37. The highest BCUT2D eigenvalue weighted by Crippen LogP contribution is 2.20. The fourth-order valence-corrected chi connectivity index (χ4v) is 0.567. The molecule has 16 heavy (non-hydrogen) atoms. The average Bonchev–Trinajstić information content (AvgIpc) is 2.08. The Kier molecular flexibility index (Phi) is 5.04. The van der Waals surface area contributed by atoms with Gasteiger partial charge < -0.3 is 5.11 Å². The van der Waals surface area contributed by atoms with Crippen molar-refractivity contribution < 1.29 is 31.2 Å². The highest BCUT2D eigenvalue weighted by atomic mass is 35.5. The summed E-state index contributed by atoms with van der Waals surface area (Å²) in [5, 5.41) is 9.34. The number of halogens is 4. The number of hydrogen-bond acceptors (Lipinski definition) is 3. The molecule has 2 N–H and O–H groups in total. The average molecular weight is 279 g/mol. The lowest BCUT2D eigenvalue weighted by molar-refractivity contribution is -0.0510. The molecule has 0 aromatic heterocycles. The monoisotopic (exact) mass is 278 g/mol. The third-order valence-corrected chi connectivity index (χ3v) is 1.96. The van der Waals surface area contributed by atoms with E-state index in [1.807, 2.05) is 0 Å². The molecule has 0 amide bonds. The molecule has 0 saturated carbocycles. The largest absolute Gasteiger partial charge is 0.522 e. The zero-order valence-corrected chi connectivity index (χ0v) is 9.01. The molecule has 0 bridgehead atoms. The van der Waals surface area contributed by atoms with Gasteiger partial charge in [0.05, 0.1) is 0 Å². The Hall–Kier alpha value is -0.990. The smallest absolute Gasteiger partial charge is 0.508 e. The van der Waals surface area contributed by atoms with Gasteiger partial charge in [-0.1, -0.05) is 11.6 Å². The van der Waals surface area contributed by atoms with Crippen LogP contribution in [0.1, 0.15) is 0 Å². The lowest BCUT2D eigenvalue weighted by atomic mass is 10.3. The van der Waals surface area contributed by atoms with Crippen molar-refractivity contribution in [1.82, 2.24) is 0 Å². The van der Waals surface area contributed by atoms with E-state index in [1.165, 1.54) is 0 Å². The fourth-order valence-electron chi connectivity index (χ4n) is 0.441. The van der Waals surface area contributed by atoms with Crippen molar-refractivity contribution in [2.45, 2.75) is 5.51 Å². The molecule has 0 heterocycles. The topological polar surface area (TPSA) is 74.6 Å². The van der Waals surface area contributed by atoms with Crippen LogP contribution in [0.2, 0.25) is 5.02 Å².